The Bertz CT molecular complexity index is 952. The van der Waals surface area contributed by atoms with Gasteiger partial charge >= 0.3 is 0 Å². The maximum Gasteiger partial charge on any atom is 0.295 e. The summed E-state index contributed by atoms with van der Waals surface area (Å²) < 4.78 is 5.36. The van der Waals surface area contributed by atoms with Crippen LogP contribution in [0.25, 0.3) is 5.76 Å². The Labute approximate surface area is 174 Å². The van der Waals surface area contributed by atoms with Crippen molar-refractivity contribution >= 4 is 17.4 Å². The van der Waals surface area contributed by atoms with Gasteiger partial charge in [-0.15, -0.1) is 0 Å². The predicted molar refractivity (Wildman–Crippen MR) is 109 cm³/mol. The average molecular weight is 409 g/mol. The summed E-state index contributed by atoms with van der Waals surface area (Å²) in [5.41, 5.74) is 1.10. The number of aromatic hydroxyl groups is 1. The molecule has 4 rings (SSSR count). The summed E-state index contributed by atoms with van der Waals surface area (Å²) >= 11 is 0. The fourth-order valence-corrected chi connectivity index (χ4v) is 3.85. The average Bonchev–Trinajstić information content (AvgIpc) is 3.04. The number of ether oxygens (including phenoxy) is 1. The highest BCUT2D eigenvalue weighted by Crippen LogP contribution is 2.39. The maximum atomic E-state index is 12.9. The highest BCUT2D eigenvalue weighted by molar-refractivity contribution is 6.46. The Kier molecular flexibility index (Phi) is 5.78. The van der Waals surface area contributed by atoms with E-state index in [2.05, 4.69) is 9.88 Å². The van der Waals surface area contributed by atoms with Crippen LogP contribution in [0.5, 0.6) is 5.75 Å². The molecule has 2 aliphatic heterocycles. The van der Waals surface area contributed by atoms with Crippen molar-refractivity contribution in [3.8, 4) is 5.75 Å². The van der Waals surface area contributed by atoms with Crippen LogP contribution in [-0.2, 0) is 14.3 Å². The number of aliphatic hydroxyl groups excluding tert-OH is 1. The topological polar surface area (TPSA) is 103 Å². The Balaban J connectivity index is 1.72. The fourth-order valence-electron chi connectivity index (χ4n) is 3.85. The number of carbonyl (C=O) groups is 2. The summed E-state index contributed by atoms with van der Waals surface area (Å²) in [6, 6.07) is 8.77. The van der Waals surface area contributed by atoms with Gasteiger partial charge in [-0.3, -0.25) is 19.5 Å². The van der Waals surface area contributed by atoms with E-state index in [1.54, 1.807) is 24.3 Å². The zero-order chi connectivity index (χ0) is 21.1. The minimum atomic E-state index is -0.736. The monoisotopic (exact) mass is 409 g/mol. The van der Waals surface area contributed by atoms with E-state index in [1.165, 1.54) is 29.4 Å². The van der Waals surface area contributed by atoms with Crippen molar-refractivity contribution in [3.63, 3.8) is 0 Å². The molecule has 0 radical (unpaired) electrons. The molecule has 3 heterocycles. The maximum absolute atomic E-state index is 12.9. The largest absolute Gasteiger partial charge is 0.508 e. The summed E-state index contributed by atoms with van der Waals surface area (Å²) in [5, 5.41) is 20.6. The van der Waals surface area contributed by atoms with E-state index in [0.717, 1.165) is 13.1 Å². The first-order valence-electron chi connectivity index (χ1n) is 9.84. The van der Waals surface area contributed by atoms with E-state index in [1.807, 2.05) is 0 Å². The molecular weight excluding hydrogens is 386 g/mol. The number of ketones is 1. The molecule has 2 aromatic rings. The zero-order valence-corrected chi connectivity index (χ0v) is 16.4. The zero-order valence-electron chi connectivity index (χ0n) is 16.4. The number of pyridine rings is 1. The molecule has 1 aromatic heterocycles. The standard InChI is InChI=1S/C22H23N3O5/c26-17-3-1-15(2-4-17)19-18(20(27)16-5-7-23-8-6-16)21(28)22(29)25(19)10-9-24-11-13-30-14-12-24/h1-8,19,26-27H,9-14H2. The van der Waals surface area contributed by atoms with Crippen molar-refractivity contribution in [2.24, 2.45) is 0 Å². The van der Waals surface area contributed by atoms with Crippen LogP contribution in [0.2, 0.25) is 0 Å². The number of hydrogen-bond acceptors (Lipinski definition) is 7. The summed E-state index contributed by atoms with van der Waals surface area (Å²) in [4.78, 5) is 33.4. The van der Waals surface area contributed by atoms with Gasteiger partial charge in [-0.2, -0.15) is 0 Å². The molecule has 156 valence electrons. The molecule has 2 saturated heterocycles. The van der Waals surface area contributed by atoms with E-state index >= 15 is 0 Å². The van der Waals surface area contributed by atoms with Gasteiger partial charge in [0.05, 0.1) is 24.8 Å². The molecule has 1 unspecified atom stereocenters. The van der Waals surface area contributed by atoms with E-state index < -0.39 is 17.7 Å². The number of nitrogens with zero attached hydrogens (tertiary/aromatic N) is 3. The van der Waals surface area contributed by atoms with Crippen molar-refractivity contribution in [3.05, 3.63) is 65.5 Å². The second kappa shape index (κ2) is 8.64. The van der Waals surface area contributed by atoms with E-state index in [9.17, 15) is 19.8 Å². The third kappa shape index (κ3) is 3.92. The van der Waals surface area contributed by atoms with E-state index in [-0.39, 0.29) is 17.1 Å². The lowest BCUT2D eigenvalue weighted by Crippen LogP contribution is -2.42. The third-order valence-corrected chi connectivity index (χ3v) is 5.46. The second-order valence-electron chi connectivity index (χ2n) is 7.27. The Morgan fingerprint density at radius 3 is 2.37 bits per heavy atom. The quantitative estimate of drug-likeness (QED) is 0.439. The van der Waals surface area contributed by atoms with Crippen LogP contribution in [0.4, 0.5) is 0 Å². The van der Waals surface area contributed by atoms with Gasteiger partial charge in [-0.25, -0.2) is 0 Å². The number of hydrogen-bond donors (Lipinski definition) is 2. The van der Waals surface area contributed by atoms with Gasteiger partial charge in [-0.1, -0.05) is 12.1 Å². The summed E-state index contributed by atoms with van der Waals surface area (Å²) in [5.74, 6) is -1.51. The molecular formula is C22H23N3O5. The van der Waals surface area contributed by atoms with Crippen molar-refractivity contribution in [2.75, 3.05) is 39.4 Å². The fraction of sp³-hybridized carbons (Fsp3) is 0.318. The summed E-state index contributed by atoms with van der Waals surface area (Å²) in [6.45, 7) is 3.75. The number of aromatic nitrogens is 1. The highest BCUT2D eigenvalue weighted by atomic mass is 16.5. The first-order valence-corrected chi connectivity index (χ1v) is 9.84. The second-order valence-corrected chi connectivity index (χ2v) is 7.27. The molecule has 2 N–H and O–H groups in total. The number of carbonyl (C=O) groups excluding carboxylic acids is 2. The van der Waals surface area contributed by atoms with Crippen LogP contribution in [0.3, 0.4) is 0 Å². The minimum absolute atomic E-state index is 0.0406. The van der Waals surface area contributed by atoms with Gasteiger partial charge in [0.1, 0.15) is 11.5 Å². The number of Topliss-reactive ketones (excluding diaryl/α,β-unsaturated/α-hetero) is 1. The molecule has 30 heavy (non-hydrogen) atoms. The summed E-state index contributed by atoms with van der Waals surface area (Å²) in [7, 11) is 0. The van der Waals surface area contributed by atoms with Crippen molar-refractivity contribution in [1.82, 2.24) is 14.8 Å². The van der Waals surface area contributed by atoms with Gasteiger partial charge in [0.2, 0.25) is 0 Å². The van der Waals surface area contributed by atoms with Gasteiger partial charge in [0.15, 0.2) is 0 Å². The molecule has 0 aliphatic carbocycles. The molecule has 1 aromatic carbocycles. The van der Waals surface area contributed by atoms with Crippen LogP contribution in [-0.4, -0.2) is 76.1 Å². The lowest BCUT2D eigenvalue weighted by atomic mass is 9.95. The number of phenols is 1. The number of aliphatic hydroxyl groups is 1. The molecule has 1 amide bonds. The SMILES string of the molecule is O=C1C(=O)N(CCN2CCOCC2)C(c2ccc(O)cc2)C1=C(O)c1ccncc1. The van der Waals surface area contributed by atoms with Crippen molar-refractivity contribution in [2.45, 2.75) is 6.04 Å². The molecule has 2 fully saturated rings. The smallest absolute Gasteiger partial charge is 0.295 e. The van der Waals surface area contributed by atoms with Gasteiger partial charge in [0.25, 0.3) is 11.7 Å². The number of morpholine rings is 1. The Morgan fingerprint density at radius 2 is 1.70 bits per heavy atom. The van der Waals surface area contributed by atoms with Crippen molar-refractivity contribution < 1.29 is 24.5 Å². The number of phenolic OH excluding ortho intramolecular Hbond substituents is 1. The Hall–Kier alpha value is -3.23. The normalized spacial score (nSPS) is 21.9. The summed E-state index contributed by atoms with van der Waals surface area (Å²) in [6.07, 6.45) is 3.03. The van der Waals surface area contributed by atoms with E-state index in [4.69, 9.17) is 4.74 Å². The number of rotatable bonds is 5. The number of benzene rings is 1. The molecule has 8 nitrogen and oxygen atoms in total. The van der Waals surface area contributed by atoms with Crippen LogP contribution in [0.1, 0.15) is 17.2 Å². The van der Waals surface area contributed by atoms with Crippen LogP contribution >= 0.6 is 0 Å². The molecule has 0 saturated carbocycles. The van der Waals surface area contributed by atoms with Crippen LogP contribution in [0.15, 0.2) is 54.4 Å². The molecule has 1 atom stereocenters. The lowest BCUT2D eigenvalue weighted by Gasteiger charge is -2.31. The number of amides is 1. The molecule has 8 heteroatoms. The predicted octanol–water partition coefficient (Wildman–Crippen LogP) is 1.54. The Morgan fingerprint density at radius 1 is 1.03 bits per heavy atom. The molecule has 0 spiro atoms. The first kappa shape index (κ1) is 20.1. The minimum Gasteiger partial charge on any atom is -0.508 e. The first-order chi connectivity index (χ1) is 14.6. The van der Waals surface area contributed by atoms with Crippen LogP contribution in [0, 0.1) is 0 Å². The third-order valence-electron chi connectivity index (χ3n) is 5.46. The van der Waals surface area contributed by atoms with Gasteiger partial charge < -0.3 is 19.8 Å². The molecule has 2 aliphatic rings. The highest BCUT2D eigenvalue weighted by Gasteiger charge is 2.46. The van der Waals surface area contributed by atoms with E-state index in [0.29, 0.717) is 37.4 Å². The lowest BCUT2D eigenvalue weighted by molar-refractivity contribution is -0.140. The van der Waals surface area contributed by atoms with Crippen LogP contribution < -0.4 is 0 Å². The van der Waals surface area contributed by atoms with Crippen molar-refractivity contribution in [1.29, 1.82) is 0 Å². The number of likely N-dealkylation sites (tertiary alicyclic amines) is 1. The molecule has 0 bridgehead atoms. The van der Waals surface area contributed by atoms with Gasteiger partial charge in [-0.05, 0) is 29.8 Å². The van der Waals surface area contributed by atoms with Gasteiger partial charge in [0, 0.05) is 44.1 Å².